The molecule has 112 valence electrons. The third kappa shape index (κ3) is 4.48. The van der Waals surface area contributed by atoms with Crippen LogP contribution in [0, 0.1) is 0 Å². The molecule has 8 heteroatoms. The maximum absolute atomic E-state index is 12.2. The molecule has 21 heavy (non-hydrogen) atoms. The molecular weight excluding hydrogens is 357 g/mol. The summed E-state index contributed by atoms with van der Waals surface area (Å²) in [5.74, 6) is -0.926. The van der Waals surface area contributed by atoms with Gasteiger partial charge in [-0.3, -0.25) is 0 Å². The number of hydrogen-bond donors (Lipinski definition) is 1. The van der Waals surface area contributed by atoms with Crippen molar-refractivity contribution in [1.82, 2.24) is 4.98 Å². The van der Waals surface area contributed by atoms with Crippen LogP contribution in [-0.4, -0.2) is 18.5 Å². The number of pyridine rings is 1. The van der Waals surface area contributed by atoms with Crippen molar-refractivity contribution in [2.75, 3.05) is 0 Å². The summed E-state index contributed by atoms with van der Waals surface area (Å²) in [5.41, 5.74) is 0.676. The molecule has 0 fully saturated rings. The average molecular weight is 367 g/mol. The monoisotopic (exact) mass is 365 g/mol. The predicted octanol–water partition coefficient (Wildman–Crippen LogP) is 3.86. The van der Waals surface area contributed by atoms with Gasteiger partial charge in [-0.2, -0.15) is 0 Å². The molecule has 0 saturated carbocycles. The standard InChI is InChI=1S/C13H10Cl3NO3S/c14-10-3-8(4-11(15)5-10)6-21(19,20)7-9-1-2-17-13(16)12(9)18/h1-5,18H,6-7H2. The zero-order chi connectivity index (χ0) is 15.6. The van der Waals surface area contributed by atoms with Crippen LogP contribution in [0.3, 0.4) is 0 Å². The van der Waals surface area contributed by atoms with Gasteiger partial charge < -0.3 is 5.11 Å². The van der Waals surface area contributed by atoms with E-state index >= 15 is 0 Å². The number of sulfone groups is 1. The fraction of sp³-hybridized carbons (Fsp3) is 0.154. The number of aromatic hydroxyl groups is 1. The molecule has 0 aliphatic rings. The Morgan fingerprint density at radius 1 is 1.05 bits per heavy atom. The van der Waals surface area contributed by atoms with Crippen LogP contribution in [-0.2, 0) is 21.3 Å². The Hall–Kier alpha value is -1.01. The summed E-state index contributed by atoms with van der Waals surface area (Å²) >= 11 is 17.3. The van der Waals surface area contributed by atoms with Crippen LogP contribution < -0.4 is 0 Å². The van der Waals surface area contributed by atoms with Gasteiger partial charge in [0.2, 0.25) is 0 Å². The Morgan fingerprint density at radius 2 is 1.67 bits per heavy atom. The van der Waals surface area contributed by atoms with Crippen molar-refractivity contribution in [3.05, 3.63) is 56.8 Å². The molecule has 1 N–H and O–H groups in total. The first-order chi connectivity index (χ1) is 9.77. The van der Waals surface area contributed by atoms with E-state index in [1.165, 1.54) is 30.5 Å². The van der Waals surface area contributed by atoms with E-state index in [-0.39, 0.29) is 28.0 Å². The van der Waals surface area contributed by atoms with Gasteiger partial charge in [-0.25, -0.2) is 13.4 Å². The largest absolute Gasteiger partial charge is 0.504 e. The van der Waals surface area contributed by atoms with Crippen LogP contribution in [0.4, 0.5) is 0 Å². The van der Waals surface area contributed by atoms with Gasteiger partial charge in [0.1, 0.15) is 0 Å². The minimum atomic E-state index is -3.52. The molecule has 2 rings (SSSR count). The first-order valence-corrected chi connectivity index (χ1v) is 8.70. The van der Waals surface area contributed by atoms with Crippen LogP contribution >= 0.6 is 34.8 Å². The number of nitrogens with zero attached hydrogens (tertiary/aromatic N) is 1. The third-order valence-electron chi connectivity index (χ3n) is 2.65. The summed E-state index contributed by atoms with van der Waals surface area (Å²) in [4.78, 5) is 3.66. The average Bonchev–Trinajstić information content (AvgIpc) is 2.32. The Morgan fingerprint density at radius 3 is 2.29 bits per heavy atom. The highest BCUT2D eigenvalue weighted by Crippen LogP contribution is 2.27. The van der Waals surface area contributed by atoms with Gasteiger partial charge in [-0.05, 0) is 29.8 Å². The fourth-order valence-corrected chi connectivity index (χ4v) is 4.05. The lowest BCUT2D eigenvalue weighted by Crippen LogP contribution is -2.08. The molecule has 0 radical (unpaired) electrons. The lowest BCUT2D eigenvalue weighted by atomic mass is 10.2. The van der Waals surface area contributed by atoms with E-state index in [0.29, 0.717) is 15.6 Å². The molecule has 0 spiro atoms. The molecule has 2 aromatic rings. The Bertz CT molecular complexity index is 758. The van der Waals surface area contributed by atoms with Crippen LogP contribution in [0.15, 0.2) is 30.5 Å². The first-order valence-electron chi connectivity index (χ1n) is 5.74. The molecule has 1 heterocycles. The highest BCUT2D eigenvalue weighted by molar-refractivity contribution is 7.89. The second-order valence-electron chi connectivity index (χ2n) is 4.42. The summed E-state index contributed by atoms with van der Waals surface area (Å²) in [5, 5.41) is 10.3. The van der Waals surface area contributed by atoms with E-state index in [1.807, 2.05) is 0 Å². The smallest absolute Gasteiger partial charge is 0.171 e. The highest BCUT2D eigenvalue weighted by atomic mass is 35.5. The molecule has 0 amide bonds. The summed E-state index contributed by atoms with van der Waals surface area (Å²) in [6, 6.07) is 5.99. The molecule has 0 bridgehead atoms. The van der Waals surface area contributed by atoms with E-state index in [0.717, 1.165) is 0 Å². The molecular formula is C13H10Cl3NO3S. The van der Waals surface area contributed by atoms with Gasteiger partial charge in [0, 0.05) is 21.8 Å². The SMILES string of the molecule is O=S(=O)(Cc1cc(Cl)cc(Cl)c1)Cc1ccnc(Cl)c1O. The minimum Gasteiger partial charge on any atom is -0.504 e. The van der Waals surface area contributed by atoms with Gasteiger partial charge in [-0.1, -0.05) is 34.8 Å². The molecule has 0 atom stereocenters. The molecule has 1 aromatic carbocycles. The quantitative estimate of drug-likeness (QED) is 0.834. The predicted molar refractivity (Wildman–Crippen MR) is 83.7 cm³/mol. The molecule has 0 aliphatic carbocycles. The van der Waals surface area contributed by atoms with Crippen molar-refractivity contribution in [2.24, 2.45) is 0 Å². The Labute approximate surface area is 137 Å². The van der Waals surface area contributed by atoms with Crippen LogP contribution in [0.25, 0.3) is 0 Å². The van der Waals surface area contributed by atoms with E-state index in [9.17, 15) is 13.5 Å². The normalized spacial score (nSPS) is 11.6. The molecule has 0 aliphatic heterocycles. The molecule has 0 saturated heterocycles. The zero-order valence-corrected chi connectivity index (χ0v) is 13.6. The van der Waals surface area contributed by atoms with E-state index in [1.54, 1.807) is 0 Å². The number of hydrogen-bond acceptors (Lipinski definition) is 4. The van der Waals surface area contributed by atoms with Crippen LogP contribution in [0.1, 0.15) is 11.1 Å². The number of rotatable bonds is 4. The fourth-order valence-electron chi connectivity index (χ4n) is 1.82. The van der Waals surface area contributed by atoms with E-state index < -0.39 is 9.84 Å². The van der Waals surface area contributed by atoms with Gasteiger partial charge >= 0.3 is 0 Å². The van der Waals surface area contributed by atoms with Crippen molar-refractivity contribution >= 4 is 44.6 Å². The lowest BCUT2D eigenvalue weighted by Gasteiger charge is -2.08. The molecule has 4 nitrogen and oxygen atoms in total. The maximum atomic E-state index is 12.2. The summed E-state index contributed by atoms with van der Waals surface area (Å²) in [6.07, 6.45) is 1.34. The third-order valence-corrected chi connectivity index (χ3v) is 4.88. The number of aromatic nitrogens is 1. The first kappa shape index (κ1) is 16.4. The summed E-state index contributed by atoms with van der Waals surface area (Å²) < 4.78 is 24.4. The minimum absolute atomic E-state index is 0.131. The zero-order valence-electron chi connectivity index (χ0n) is 10.6. The van der Waals surface area contributed by atoms with E-state index in [2.05, 4.69) is 4.98 Å². The van der Waals surface area contributed by atoms with Gasteiger partial charge in [0.05, 0.1) is 11.5 Å². The van der Waals surface area contributed by atoms with Crippen molar-refractivity contribution in [3.8, 4) is 5.75 Å². The van der Waals surface area contributed by atoms with Crippen molar-refractivity contribution < 1.29 is 13.5 Å². The van der Waals surface area contributed by atoms with E-state index in [4.69, 9.17) is 34.8 Å². The summed E-state index contributed by atoms with van der Waals surface area (Å²) in [6.45, 7) is 0. The van der Waals surface area contributed by atoms with Crippen LogP contribution in [0.2, 0.25) is 15.2 Å². The summed E-state index contributed by atoms with van der Waals surface area (Å²) in [7, 11) is -3.52. The maximum Gasteiger partial charge on any atom is 0.171 e. The molecule has 0 unspecified atom stereocenters. The highest BCUT2D eigenvalue weighted by Gasteiger charge is 2.17. The topological polar surface area (TPSA) is 67.3 Å². The number of halogens is 3. The lowest BCUT2D eigenvalue weighted by molar-refractivity contribution is 0.467. The Kier molecular flexibility index (Phi) is 4.99. The Balaban J connectivity index is 2.24. The van der Waals surface area contributed by atoms with Crippen molar-refractivity contribution in [1.29, 1.82) is 0 Å². The second kappa shape index (κ2) is 6.40. The van der Waals surface area contributed by atoms with Gasteiger partial charge in [0.25, 0.3) is 0 Å². The molecule has 1 aromatic heterocycles. The van der Waals surface area contributed by atoms with Gasteiger partial charge in [0.15, 0.2) is 20.7 Å². The van der Waals surface area contributed by atoms with Crippen LogP contribution in [0.5, 0.6) is 5.75 Å². The number of benzene rings is 1. The second-order valence-corrected chi connectivity index (χ2v) is 7.71. The van der Waals surface area contributed by atoms with Gasteiger partial charge in [-0.15, -0.1) is 0 Å². The van der Waals surface area contributed by atoms with Crippen molar-refractivity contribution in [3.63, 3.8) is 0 Å². The van der Waals surface area contributed by atoms with Crippen molar-refractivity contribution in [2.45, 2.75) is 11.5 Å².